The normalized spacial score (nSPS) is 17.1. The molecule has 132 valence electrons. The molecule has 0 saturated heterocycles. The monoisotopic (exact) mass is 373 g/mol. The van der Waals surface area contributed by atoms with E-state index in [-0.39, 0.29) is 41.1 Å². The minimum Gasteiger partial charge on any atom is -0.0686 e. The lowest BCUT2D eigenvalue weighted by Gasteiger charge is -2.29. The van der Waals surface area contributed by atoms with Gasteiger partial charge >= 0.3 is 0 Å². The van der Waals surface area contributed by atoms with Crippen LogP contribution in [0.15, 0.2) is 103 Å². The van der Waals surface area contributed by atoms with Crippen molar-refractivity contribution in [2.45, 2.75) is 0 Å². The molecule has 0 N–H and O–H groups in total. The predicted octanol–water partition coefficient (Wildman–Crippen LogP) is 5.08. The Kier molecular flexibility index (Phi) is 1.76. The van der Waals surface area contributed by atoms with Crippen LogP contribution in [0.3, 0.4) is 0 Å². The zero-order valence-corrected chi connectivity index (χ0v) is 15.2. The third-order valence-electron chi connectivity index (χ3n) is 6.05. The van der Waals surface area contributed by atoms with Gasteiger partial charge in [0.2, 0.25) is 6.71 Å². The fourth-order valence-electron chi connectivity index (χ4n) is 4.93. The van der Waals surface area contributed by atoms with Crippen molar-refractivity contribution in [2.75, 3.05) is 0 Å². The molecule has 0 unspecified atom stereocenters. The zero-order chi connectivity index (χ0) is 26.8. The van der Waals surface area contributed by atoms with E-state index < -0.39 is 30.9 Å². The van der Waals surface area contributed by atoms with Crippen LogP contribution in [0.4, 0.5) is 0 Å². The van der Waals surface area contributed by atoms with E-state index in [1.807, 2.05) is 48.5 Å². The maximum Gasteiger partial charge on any atom is 0.242 e. The summed E-state index contributed by atoms with van der Waals surface area (Å²) in [5.74, 6) is 0. The van der Waals surface area contributed by atoms with Crippen LogP contribution >= 0.6 is 0 Å². The van der Waals surface area contributed by atoms with Crippen molar-refractivity contribution in [3.8, 4) is 11.1 Å². The van der Waals surface area contributed by atoms with Crippen LogP contribution in [0.5, 0.6) is 0 Å². The Morgan fingerprint density at radius 2 is 1.28 bits per heavy atom. The maximum absolute atomic E-state index is 8.91. The standard InChI is InChI=1S/C28H17B/c1-2-9-21(10-3-1)29-24-12-5-4-11-22(24)23-17-20-8-6-7-18-13-14-19-15-16-25(29)28(23)27(19)26(18)20/h1-17H/i1D,2D,3D,4D,5D,9D,10D,11D,12D. The van der Waals surface area contributed by atoms with E-state index in [0.29, 0.717) is 16.6 Å². The summed E-state index contributed by atoms with van der Waals surface area (Å²) in [4.78, 5) is 0. The lowest BCUT2D eigenvalue weighted by Crippen LogP contribution is -2.54. The van der Waals surface area contributed by atoms with Gasteiger partial charge in [0, 0.05) is 0 Å². The molecule has 0 amide bonds. The van der Waals surface area contributed by atoms with Gasteiger partial charge in [-0.15, -0.1) is 0 Å². The third-order valence-corrected chi connectivity index (χ3v) is 6.05. The van der Waals surface area contributed by atoms with Gasteiger partial charge in [-0.1, -0.05) is 113 Å². The molecule has 0 aliphatic carbocycles. The van der Waals surface area contributed by atoms with Gasteiger partial charge in [0.15, 0.2) is 0 Å². The van der Waals surface area contributed by atoms with Gasteiger partial charge in [-0.25, -0.2) is 0 Å². The summed E-state index contributed by atoms with van der Waals surface area (Å²) in [7, 11) is 0. The van der Waals surface area contributed by atoms with Crippen molar-refractivity contribution in [3.05, 3.63) is 103 Å². The first-order chi connectivity index (χ1) is 18.1. The van der Waals surface area contributed by atoms with E-state index in [9.17, 15) is 0 Å². The highest BCUT2D eigenvalue weighted by Gasteiger charge is 2.32. The van der Waals surface area contributed by atoms with Crippen LogP contribution in [0.25, 0.3) is 43.4 Å². The van der Waals surface area contributed by atoms with Crippen molar-refractivity contribution in [3.63, 3.8) is 0 Å². The average molecular weight is 373 g/mol. The second kappa shape index (κ2) is 5.49. The van der Waals surface area contributed by atoms with E-state index in [1.165, 1.54) is 0 Å². The highest BCUT2D eigenvalue weighted by atomic mass is 14.2. The fraction of sp³-hybridized carbons (Fsp3) is 0. The lowest BCUT2D eigenvalue weighted by molar-refractivity contribution is 1.68. The Hall–Kier alpha value is -3.58. The molecule has 7 rings (SSSR count). The van der Waals surface area contributed by atoms with E-state index in [1.54, 1.807) is 0 Å². The maximum atomic E-state index is 8.91. The quantitative estimate of drug-likeness (QED) is 0.278. The second-order valence-electron chi connectivity index (χ2n) is 7.46. The van der Waals surface area contributed by atoms with Crippen LogP contribution in [-0.4, -0.2) is 6.71 Å². The molecule has 0 atom stereocenters. The molecule has 0 bridgehead atoms. The van der Waals surface area contributed by atoms with Crippen molar-refractivity contribution in [1.82, 2.24) is 0 Å². The van der Waals surface area contributed by atoms with Gasteiger partial charge in [0.1, 0.15) is 0 Å². The summed E-state index contributed by atoms with van der Waals surface area (Å²) in [6.07, 6.45) is 0. The number of fused-ring (bicyclic) bond motifs is 2. The first kappa shape index (κ1) is 9.28. The molecule has 1 aliphatic heterocycles. The highest BCUT2D eigenvalue weighted by molar-refractivity contribution is 6.98. The van der Waals surface area contributed by atoms with E-state index in [4.69, 9.17) is 12.3 Å². The first-order valence-corrected chi connectivity index (χ1v) is 9.51. The van der Waals surface area contributed by atoms with Crippen LogP contribution in [0.1, 0.15) is 12.3 Å². The average Bonchev–Trinajstić information content (AvgIpc) is 2.93. The Morgan fingerprint density at radius 3 is 2.17 bits per heavy atom. The van der Waals surface area contributed by atoms with Gasteiger partial charge in [0.05, 0.1) is 12.3 Å². The van der Waals surface area contributed by atoms with Crippen molar-refractivity contribution < 1.29 is 12.3 Å². The smallest absolute Gasteiger partial charge is 0.0686 e. The molecule has 6 aromatic carbocycles. The summed E-state index contributed by atoms with van der Waals surface area (Å²) >= 11 is 0. The summed E-state index contributed by atoms with van der Waals surface area (Å²) in [5.41, 5.74) is 1.84. The largest absolute Gasteiger partial charge is 0.242 e. The van der Waals surface area contributed by atoms with E-state index >= 15 is 0 Å². The molecule has 0 radical (unpaired) electrons. The van der Waals surface area contributed by atoms with Crippen molar-refractivity contribution >= 4 is 55.4 Å². The minimum absolute atomic E-state index is 0.00274. The van der Waals surface area contributed by atoms with Crippen LogP contribution in [0.2, 0.25) is 0 Å². The fourth-order valence-corrected chi connectivity index (χ4v) is 4.93. The summed E-state index contributed by atoms with van der Waals surface area (Å²) in [6, 6.07) is 12.3. The topological polar surface area (TPSA) is 0 Å². The molecule has 0 saturated carbocycles. The molecule has 0 nitrogen and oxygen atoms in total. The number of hydrogen-bond acceptors (Lipinski definition) is 0. The number of hydrogen-bond donors (Lipinski definition) is 0. The van der Waals surface area contributed by atoms with Crippen molar-refractivity contribution in [2.24, 2.45) is 0 Å². The van der Waals surface area contributed by atoms with Gasteiger partial charge in [-0.3, -0.25) is 0 Å². The third kappa shape index (κ3) is 1.95. The predicted molar refractivity (Wildman–Crippen MR) is 127 cm³/mol. The summed E-state index contributed by atoms with van der Waals surface area (Å²) in [5, 5.41) is 5.66. The molecule has 0 fully saturated rings. The number of rotatable bonds is 1. The highest BCUT2D eigenvalue weighted by Crippen LogP contribution is 2.40. The first-order valence-electron chi connectivity index (χ1n) is 14.0. The Bertz CT molecular complexity index is 2000. The molecule has 0 spiro atoms. The zero-order valence-electron chi connectivity index (χ0n) is 24.2. The molecule has 29 heavy (non-hydrogen) atoms. The van der Waals surface area contributed by atoms with E-state index in [0.717, 1.165) is 32.3 Å². The van der Waals surface area contributed by atoms with Gasteiger partial charge < -0.3 is 0 Å². The van der Waals surface area contributed by atoms with Crippen LogP contribution in [0, 0.1) is 0 Å². The Labute approximate surface area is 182 Å². The van der Waals surface area contributed by atoms with Gasteiger partial charge in [-0.2, -0.15) is 0 Å². The molecular formula is C28H17B. The second-order valence-corrected chi connectivity index (χ2v) is 7.46. The Balaban J connectivity index is 1.79. The Morgan fingerprint density at radius 1 is 0.552 bits per heavy atom. The van der Waals surface area contributed by atoms with Gasteiger partial charge in [0.25, 0.3) is 0 Å². The minimum atomic E-state index is -0.989. The number of benzene rings is 6. The lowest BCUT2D eigenvalue weighted by atomic mass is 9.33. The van der Waals surface area contributed by atoms with Gasteiger partial charge in [-0.05, 0) is 49.5 Å². The molecule has 1 heteroatoms. The molecule has 1 heterocycles. The van der Waals surface area contributed by atoms with Crippen molar-refractivity contribution in [1.29, 1.82) is 0 Å². The molecular weight excluding hydrogens is 347 g/mol. The SMILES string of the molecule is [2H]c1c([2H])c([2H])c(B2c3c([2H])c([2H])c([2H])c([2H])c3-c3cc4cccc5ccc6ccc2c3c6c54)c([2H])c1[2H]. The summed E-state index contributed by atoms with van der Waals surface area (Å²) in [6.45, 7) is -0.989. The molecule has 6 aromatic rings. The summed E-state index contributed by atoms with van der Waals surface area (Å²) < 4.78 is 76.9. The van der Waals surface area contributed by atoms with Crippen LogP contribution < -0.4 is 16.4 Å². The molecule has 1 aliphatic rings. The van der Waals surface area contributed by atoms with E-state index in [2.05, 4.69) is 0 Å². The molecule has 0 aromatic heterocycles. The van der Waals surface area contributed by atoms with Crippen LogP contribution in [-0.2, 0) is 0 Å².